The van der Waals surface area contributed by atoms with Crippen LogP contribution in [0.15, 0.2) is 36.4 Å². The van der Waals surface area contributed by atoms with Gasteiger partial charge in [0.1, 0.15) is 18.3 Å². The van der Waals surface area contributed by atoms with Crippen LogP contribution in [-0.4, -0.2) is 41.3 Å². The van der Waals surface area contributed by atoms with Gasteiger partial charge in [0.25, 0.3) is 0 Å². The van der Waals surface area contributed by atoms with Gasteiger partial charge in [0.05, 0.1) is 11.7 Å². The zero-order valence-corrected chi connectivity index (χ0v) is 17.2. The van der Waals surface area contributed by atoms with Gasteiger partial charge in [-0.25, -0.2) is 4.79 Å². The topological polar surface area (TPSA) is 65.0 Å². The quantitative estimate of drug-likeness (QED) is 0.539. The first-order valence-corrected chi connectivity index (χ1v) is 9.87. The number of hydrogen-bond acceptors (Lipinski definition) is 5. The molecule has 1 saturated heterocycles. The molecule has 1 aromatic rings. The average Bonchev–Trinajstić information content (AvgIpc) is 2.93. The van der Waals surface area contributed by atoms with Gasteiger partial charge in [0, 0.05) is 5.92 Å². The van der Waals surface area contributed by atoms with E-state index in [2.05, 4.69) is 0 Å². The van der Waals surface area contributed by atoms with Gasteiger partial charge in [-0.3, -0.25) is 0 Å². The summed E-state index contributed by atoms with van der Waals surface area (Å²) in [4.78, 5) is 12.8. The molecule has 2 aliphatic rings. The first-order chi connectivity index (χ1) is 13.2. The highest BCUT2D eigenvalue weighted by Crippen LogP contribution is 2.33. The Bertz CT molecular complexity index is 779. The minimum Gasteiger partial charge on any atom is -0.458 e. The van der Waals surface area contributed by atoms with E-state index in [1.807, 2.05) is 71.0 Å². The molecule has 1 aromatic carbocycles. The molecule has 5 heteroatoms. The summed E-state index contributed by atoms with van der Waals surface area (Å²) in [7, 11) is 0. The molecule has 0 radical (unpaired) electrons. The van der Waals surface area contributed by atoms with Crippen LogP contribution in [0.4, 0.5) is 0 Å². The van der Waals surface area contributed by atoms with Gasteiger partial charge < -0.3 is 19.3 Å². The van der Waals surface area contributed by atoms with Crippen molar-refractivity contribution in [3.05, 3.63) is 53.1 Å². The van der Waals surface area contributed by atoms with Gasteiger partial charge in [0.2, 0.25) is 0 Å². The Kier molecular flexibility index (Phi) is 6.08. The van der Waals surface area contributed by atoms with Crippen molar-refractivity contribution in [1.82, 2.24) is 0 Å². The third-order valence-corrected chi connectivity index (χ3v) is 5.38. The summed E-state index contributed by atoms with van der Waals surface area (Å²) in [5.41, 5.74) is 2.27. The molecule has 1 fully saturated rings. The van der Waals surface area contributed by atoms with E-state index in [0.29, 0.717) is 12.0 Å². The number of benzene rings is 1. The van der Waals surface area contributed by atoms with Crippen LogP contribution >= 0.6 is 0 Å². The van der Waals surface area contributed by atoms with E-state index in [1.165, 1.54) is 0 Å². The molecule has 0 bridgehead atoms. The molecule has 5 atom stereocenters. The lowest BCUT2D eigenvalue weighted by Gasteiger charge is -2.22. The van der Waals surface area contributed by atoms with Gasteiger partial charge in [0.15, 0.2) is 5.79 Å². The number of hydrogen-bond donors (Lipinski definition) is 1. The summed E-state index contributed by atoms with van der Waals surface area (Å²) >= 11 is 0. The van der Waals surface area contributed by atoms with Crippen LogP contribution in [-0.2, 0) is 14.2 Å². The maximum Gasteiger partial charge on any atom is 0.339 e. The lowest BCUT2D eigenvalue weighted by molar-refractivity contribution is -0.152. The van der Waals surface area contributed by atoms with Crippen LogP contribution in [0.25, 0.3) is 6.08 Å². The van der Waals surface area contributed by atoms with Gasteiger partial charge in [-0.1, -0.05) is 49.4 Å². The van der Waals surface area contributed by atoms with Crippen molar-refractivity contribution in [2.24, 2.45) is 5.92 Å². The van der Waals surface area contributed by atoms with E-state index >= 15 is 0 Å². The largest absolute Gasteiger partial charge is 0.458 e. The molecule has 2 aliphatic heterocycles. The Morgan fingerprint density at radius 2 is 1.89 bits per heavy atom. The minimum absolute atomic E-state index is 0.0571. The second-order valence-electron chi connectivity index (χ2n) is 8.16. The summed E-state index contributed by atoms with van der Waals surface area (Å²) < 4.78 is 17.7. The zero-order valence-electron chi connectivity index (χ0n) is 17.2. The van der Waals surface area contributed by atoms with Crippen LogP contribution in [0.5, 0.6) is 0 Å². The summed E-state index contributed by atoms with van der Waals surface area (Å²) in [5.74, 6) is -1.14. The average molecular weight is 386 g/mol. The summed E-state index contributed by atoms with van der Waals surface area (Å²) in [5, 5.41) is 10.6. The SMILES string of the molecule is Cc1cccc2c1C(=O)O[C@@H](C)[C@H](C)/C=C\C(O)[C@H]1OC(C)(C)O[C@H]1CC=C2. The molecule has 152 valence electrons. The van der Waals surface area contributed by atoms with Crippen LogP contribution in [0, 0.1) is 12.8 Å². The Hall–Kier alpha value is -1.95. The Morgan fingerprint density at radius 3 is 2.64 bits per heavy atom. The van der Waals surface area contributed by atoms with Crippen molar-refractivity contribution < 1.29 is 24.1 Å². The first-order valence-electron chi connectivity index (χ1n) is 9.87. The van der Waals surface area contributed by atoms with Gasteiger partial charge in [-0.05, 0) is 45.2 Å². The van der Waals surface area contributed by atoms with E-state index in [1.54, 1.807) is 6.08 Å². The fourth-order valence-corrected chi connectivity index (χ4v) is 3.66. The van der Waals surface area contributed by atoms with Crippen LogP contribution in [0.2, 0.25) is 0 Å². The predicted molar refractivity (Wildman–Crippen MR) is 108 cm³/mol. The summed E-state index contributed by atoms with van der Waals surface area (Å²) in [6.07, 6.45) is 6.15. The van der Waals surface area contributed by atoms with E-state index in [-0.39, 0.29) is 24.1 Å². The van der Waals surface area contributed by atoms with Crippen molar-refractivity contribution in [3.63, 3.8) is 0 Å². The molecule has 3 rings (SSSR count). The van der Waals surface area contributed by atoms with Crippen molar-refractivity contribution in [1.29, 1.82) is 0 Å². The minimum atomic E-state index is -0.803. The smallest absolute Gasteiger partial charge is 0.339 e. The fraction of sp³-hybridized carbons (Fsp3) is 0.522. The molecule has 0 aromatic heterocycles. The van der Waals surface area contributed by atoms with Gasteiger partial charge in [-0.2, -0.15) is 0 Å². The van der Waals surface area contributed by atoms with Gasteiger partial charge >= 0.3 is 5.97 Å². The number of aliphatic hydroxyl groups is 1. The van der Waals surface area contributed by atoms with E-state index < -0.39 is 18.0 Å². The molecule has 0 saturated carbocycles. The molecular weight excluding hydrogens is 356 g/mol. The number of fused-ring (bicyclic) bond motifs is 2. The third-order valence-electron chi connectivity index (χ3n) is 5.38. The molecule has 5 nitrogen and oxygen atoms in total. The summed E-state index contributed by atoms with van der Waals surface area (Å²) in [6, 6.07) is 5.74. The molecule has 2 heterocycles. The van der Waals surface area contributed by atoms with E-state index in [0.717, 1.165) is 11.1 Å². The number of cyclic esters (lactones) is 1. The highest BCUT2D eigenvalue weighted by molar-refractivity contribution is 5.95. The predicted octanol–water partition coefficient (Wildman–Crippen LogP) is 4.03. The van der Waals surface area contributed by atoms with Crippen molar-refractivity contribution >= 4 is 12.0 Å². The number of esters is 1. The van der Waals surface area contributed by atoms with E-state index in [9.17, 15) is 9.90 Å². The lowest BCUT2D eigenvalue weighted by Crippen LogP contribution is -2.34. The molecule has 1 unspecified atom stereocenters. The number of carbonyl (C=O) groups is 1. The number of carbonyl (C=O) groups excluding carboxylic acids is 1. The van der Waals surface area contributed by atoms with Crippen LogP contribution < -0.4 is 0 Å². The maximum absolute atomic E-state index is 12.8. The number of rotatable bonds is 0. The Labute approximate surface area is 167 Å². The van der Waals surface area contributed by atoms with Crippen molar-refractivity contribution in [3.8, 4) is 0 Å². The number of aliphatic hydroxyl groups excluding tert-OH is 1. The van der Waals surface area contributed by atoms with Crippen LogP contribution in [0.3, 0.4) is 0 Å². The second kappa shape index (κ2) is 8.19. The molecule has 1 N–H and O–H groups in total. The van der Waals surface area contributed by atoms with Crippen LogP contribution in [0.1, 0.15) is 55.6 Å². The molecule has 0 spiro atoms. The number of ether oxygens (including phenoxy) is 3. The van der Waals surface area contributed by atoms with Gasteiger partial charge in [-0.15, -0.1) is 0 Å². The number of aryl methyl sites for hydroxylation is 1. The normalized spacial score (nSPS) is 34.1. The highest BCUT2D eigenvalue weighted by atomic mass is 16.8. The monoisotopic (exact) mass is 386 g/mol. The van der Waals surface area contributed by atoms with Crippen molar-refractivity contribution in [2.45, 2.75) is 71.2 Å². The zero-order chi connectivity index (χ0) is 20.5. The third kappa shape index (κ3) is 4.54. The second-order valence-corrected chi connectivity index (χ2v) is 8.16. The molecule has 0 aliphatic carbocycles. The maximum atomic E-state index is 12.8. The Balaban J connectivity index is 1.99. The molecular formula is C23H30O5. The Morgan fingerprint density at radius 1 is 1.14 bits per heavy atom. The van der Waals surface area contributed by atoms with Crippen molar-refractivity contribution in [2.75, 3.05) is 0 Å². The van der Waals surface area contributed by atoms with E-state index in [4.69, 9.17) is 14.2 Å². The summed E-state index contributed by atoms with van der Waals surface area (Å²) in [6.45, 7) is 9.43. The molecule has 28 heavy (non-hydrogen) atoms. The standard InChI is InChI=1S/C23H30O5/c1-14-12-13-18(24)21-19(27-23(4,5)28-21)11-7-10-17-9-6-8-15(2)20(17)22(25)26-16(14)3/h6-10,12-14,16,18-19,21,24H,11H2,1-5H3/b10-7?,13-12-/t14-,16+,18?,19+,21-/m1/s1. The molecule has 0 amide bonds. The first kappa shape index (κ1) is 20.8. The lowest BCUT2D eigenvalue weighted by atomic mass is 9.98. The highest BCUT2D eigenvalue weighted by Gasteiger charge is 2.43. The fourth-order valence-electron chi connectivity index (χ4n) is 3.66.